The van der Waals surface area contributed by atoms with E-state index in [1.54, 1.807) is 30.5 Å². The molecule has 0 aliphatic rings. The van der Waals surface area contributed by atoms with Gasteiger partial charge in [0.05, 0.1) is 17.2 Å². The maximum absolute atomic E-state index is 12.1. The molecule has 1 atom stereocenters. The normalized spacial score (nSPS) is 13.2. The lowest BCUT2D eigenvalue weighted by molar-refractivity contribution is 0.451. The Morgan fingerprint density at radius 1 is 1.24 bits per heavy atom. The van der Waals surface area contributed by atoms with Gasteiger partial charge in [0.2, 0.25) is 0 Å². The van der Waals surface area contributed by atoms with Crippen molar-refractivity contribution in [1.29, 1.82) is 0 Å². The predicted molar refractivity (Wildman–Crippen MR) is 82.8 cm³/mol. The van der Waals surface area contributed by atoms with Crippen molar-refractivity contribution in [3.05, 3.63) is 48.8 Å². The lowest BCUT2D eigenvalue weighted by atomic mass is 10.3. The summed E-state index contributed by atoms with van der Waals surface area (Å²) in [5, 5.41) is 7.46. The number of benzene rings is 1. The van der Waals surface area contributed by atoms with Crippen LogP contribution in [-0.2, 0) is 16.4 Å². The van der Waals surface area contributed by atoms with Crippen LogP contribution in [0, 0.1) is 0 Å². The minimum atomic E-state index is -3.17. The van der Waals surface area contributed by atoms with Gasteiger partial charge >= 0.3 is 0 Å². The fourth-order valence-electron chi connectivity index (χ4n) is 2.11. The second-order valence-electron chi connectivity index (χ2n) is 5.07. The molecule has 0 spiro atoms. The Hall–Kier alpha value is -1.66. The summed E-state index contributed by atoms with van der Waals surface area (Å²) in [5.74, 6) is 0.165. The monoisotopic (exact) mass is 307 g/mol. The van der Waals surface area contributed by atoms with Crippen LogP contribution in [0.5, 0.6) is 0 Å². The molecule has 2 aromatic rings. The molecule has 5 nitrogen and oxygen atoms in total. The van der Waals surface area contributed by atoms with E-state index in [-0.39, 0.29) is 11.8 Å². The van der Waals surface area contributed by atoms with Crippen LogP contribution in [0.25, 0.3) is 0 Å². The molecule has 0 aliphatic carbocycles. The van der Waals surface area contributed by atoms with Gasteiger partial charge in [-0.05, 0) is 38.1 Å². The summed E-state index contributed by atoms with van der Waals surface area (Å²) in [7, 11) is -3.17. The zero-order valence-corrected chi connectivity index (χ0v) is 13.0. The molecule has 1 N–H and O–H groups in total. The second-order valence-corrected chi connectivity index (χ2v) is 7.18. The highest BCUT2D eigenvalue weighted by Crippen LogP contribution is 2.10. The number of hydrogen-bond donors (Lipinski definition) is 1. The maximum Gasteiger partial charge on any atom is 0.178 e. The largest absolute Gasteiger partial charge is 0.312 e. The van der Waals surface area contributed by atoms with Crippen LogP contribution in [-0.4, -0.2) is 36.5 Å². The number of rotatable bonds is 8. The molecule has 114 valence electrons. The van der Waals surface area contributed by atoms with Gasteiger partial charge in [-0.2, -0.15) is 5.10 Å². The molecule has 0 bridgehead atoms. The van der Waals surface area contributed by atoms with Crippen molar-refractivity contribution in [3.63, 3.8) is 0 Å². The van der Waals surface area contributed by atoms with Crippen LogP contribution in [0.3, 0.4) is 0 Å². The average molecular weight is 307 g/mol. The summed E-state index contributed by atoms with van der Waals surface area (Å²) in [4.78, 5) is 0.398. The van der Waals surface area contributed by atoms with Crippen molar-refractivity contribution in [2.45, 2.75) is 30.8 Å². The Morgan fingerprint density at radius 3 is 2.67 bits per heavy atom. The molecular weight excluding hydrogens is 286 g/mol. The second kappa shape index (κ2) is 7.38. The van der Waals surface area contributed by atoms with Crippen molar-refractivity contribution in [1.82, 2.24) is 15.1 Å². The molecule has 0 fully saturated rings. The van der Waals surface area contributed by atoms with Crippen LogP contribution in [0.4, 0.5) is 0 Å². The summed E-state index contributed by atoms with van der Waals surface area (Å²) >= 11 is 0. The van der Waals surface area contributed by atoms with Crippen LogP contribution in [0.1, 0.15) is 13.3 Å². The molecule has 0 amide bonds. The lowest BCUT2D eigenvalue weighted by Crippen LogP contribution is -2.32. The Morgan fingerprint density at radius 2 is 2.00 bits per heavy atom. The van der Waals surface area contributed by atoms with Crippen molar-refractivity contribution in [3.8, 4) is 0 Å². The smallest absolute Gasteiger partial charge is 0.178 e. The van der Waals surface area contributed by atoms with Gasteiger partial charge in [-0.15, -0.1) is 0 Å². The van der Waals surface area contributed by atoms with E-state index in [1.807, 2.05) is 23.0 Å². The fourth-order valence-corrected chi connectivity index (χ4v) is 3.44. The van der Waals surface area contributed by atoms with Crippen LogP contribution < -0.4 is 5.32 Å². The van der Waals surface area contributed by atoms with E-state index in [0.717, 1.165) is 6.54 Å². The Balaban J connectivity index is 1.72. The molecule has 0 saturated heterocycles. The first-order chi connectivity index (χ1) is 10.1. The molecule has 1 aromatic heterocycles. The van der Waals surface area contributed by atoms with Crippen LogP contribution in [0.15, 0.2) is 53.7 Å². The molecule has 2 rings (SSSR count). The Labute approximate surface area is 125 Å². The zero-order chi connectivity index (χ0) is 15.1. The van der Waals surface area contributed by atoms with Crippen LogP contribution >= 0.6 is 0 Å². The quantitative estimate of drug-likeness (QED) is 0.754. The Bertz CT molecular complexity index is 624. The van der Waals surface area contributed by atoms with Gasteiger partial charge < -0.3 is 5.32 Å². The van der Waals surface area contributed by atoms with Gasteiger partial charge in [-0.1, -0.05) is 18.2 Å². The van der Waals surface area contributed by atoms with Gasteiger partial charge in [0.1, 0.15) is 0 Å². The first-order valence-electron chi connectivity index (χ1n) is 7.06. The highest BCUT2D eigenvalue weighted by molar-refractivity contribution is 7.91. The lowest BCUT2D eigenvalue weighted by Gasteiger charge is -2.13. The summed E-state index contributed by atoms with van der Waals surface area (Å²) in [6, 6.07) is 10.7. The van der Waals surface area contributed by atoms with Gasteiger partial charge in [0.25, 0.3) is 0 Å². The first kappa shape index (κ1) is 15.7. The van der Waals surface area contributed by atoms with Crippen molar-refractivity contribution >= 4 is 9.84 Å². The van der Waals surface area contributed by atoms with Gasteiger partial charge in [0.15, 0.2) is 9.84 Å². The van der Waals surface area contributed by atoms with E-state index in [1.165, 1.54) is 0 Å². The van der Waals surface area contributed by atoms with Crippen molar-refractivity contribution in [2.24, 2.45) is 0 Å². The molecule has 1 unspecified atom stereocenters. The van der Waals surface area contributed by atoms with E-state index in [2.05, 4.69) is 17.3 Å². The number of nitrogens with one attached hydrogen (secondary N) is 1. The average Bonchev–Trinajstić information content (AvgIpc) is 2.97. The molecule has 0 aliphatic heterocycles. The zero-order valence-electron chi connectivity index (χ0n) is 12.1. The van der Waals surface area contributed by atoms with Gasteiger partial charge in [-0.25, -0.2) is 8.42 Å². The third kappa shape index (κ3) is 4.99. The third-order valence-corrected chi connectivity index (χ3v) is 5.02. The SMILES string of the molecule is CC(Cn1cccn1)NCCCS(=O)(=O)c1ccccc1. The highest BCUT2D eigenvalue weighted by atomic mass is 32.2. The molecular formula is C15H21N3O2S. The predicted octanol–water partition coefficient (Wildman–Crippen LogP) is 1.73. The number of sulfone groups is 1. The highest BCUT2D eigenvalue weighted by Gasteiger charge is 2.13. The minimum absolute atomic E-state index is 0.165. The fraction of sp³-hybridized carbons (Fsp3) is 0.400. The summed E-state index contributed by atoms with van der Waals surface area (Å²) in [5.41, 5.74) is 0. The third-order valence-electron chi connectivity index (χ3n) is 3.21. The molecule has 1 heterocycles. The molecule has 1 aromatic carbocycles. The molecule has 6 heteroatoms. The van der Waals surface area contributed by atoms with Crippen molar-refractivity contribution < 1.29 is 8.42 Å². The first-order valence-corrected chi connectivity index (χ1v) is 8.72. The maximum atomic E-state index is 12.1. The van der Waals surface area contributed by atoms with E-state index >= 15 is 0 Å². The standard InChI is InChI=1S/C15H21N3O2S/c1-14(13-18-11-5-10-17-18)16-9-6-12-21(19,20)15-7-3-2-4-8-15/h2-5,7-8,10-11,14,16H,6,9,12-13H2,1H3. The number of aromatic nitrogens is 2. The van der Waals surface area contributed by atoms with E-state index in [9.17, 15) is 8.42 Å². The summed E-state index contributed by atoms with van der Waals surface area (Å²) in [6.45, 7) is 3.51. The topological polar surface area (TPSA) is 64.0 Å². The number of hydrogen-bond acceptors (Lipinski definition) is 4. The molecule has 0 saturated carbocycles. The van der Waals surface area contributed by atoms with Crippen LogP contribution in [0.2, 0.25) is 0 Å². The number of nitrogens with zero attached hydrogens (tertiary/aromatic N) is 2. The molecule has 0 radical (unpaired) electrons. The van der Waals surface area contributed by atoms with Crippen molar-refractivity contribution in [2.75, 3.05) is 12.3 Å². The van der Waals surface area contributed by atoms with E-state index in [4.69, 9.17) is 0 Å². The summed E-state index contributed by atoms with van der Waals surface area (Å²) in [6.07, 6.45) is 4.26. The van der Waals surface area contributed by atoms with E-state index < -0.39 is 9.84 Å². The molecule has 21 heavy (non-hydrogen) atoms. The van der Waals surface area contributed by atoms with Gasteiger partial charge in [-0.3, -0.25) is 4.68 Å². The van der Waals surface area contributed by atoms with E-state index in [0.29, 0.717) is 17.9 Å². The Kier molecular flexibility index (Phi) is 5.52. The summed E-state index contributed by atoms with van der Waals surface area (Å²) < 4.78 is 26.0. The minimum Gasteiger partial charge on any atom is -0.312 e. The van der Waals surface area contributed by atoms with Gasteiger partial charge in [0, 0.05) is 18.4 Å².